The lowest BCUT2D eigenvalue weighted by atomic mass is 10.0. The monoisotopic (exact) mass is 339 g/mol. The van der Waals surface area contributed by atoms with Gasteiger partial charge in [-0.15, -0.1) is 0 Å². The molecule has 132 valence electrons. The highest BCUT2D eigenvalue weighted by Crippen LogP contribution is 2.22. The lowest BCUT2D eigenvalue weighted by molar-refractivity contribution is 0.0513. The number of pyridine rings is 1. The Morgan fingerprint density at radius 2 is 2.04 bits per heavy atom. The molecule has 0 saturated carbocycles. The zero-order valence-corrected chi connectivity index (χ0v) is 15.0. The molecule has 1 saturated heterocycles. The molecule has 1 aliphatic heterocycles. The van der Waals surface area contributed by atoms with E-state index in [-0.39, 0.29) is 18.1 Å². The van der Waals surface area contributed by atoms with Crippen LogP contribution in [0.5, 0.6) is 0 Å². The summed E-state index contributed by atoms with van der Waals surface area (Å²) in [5.74, 6) is -0.0528. The molecule has 25 heavy (non-hydrogen) atoms. The number of hydrogen-bond donors (Lipinski definition) is 1. The van der Waals surface area contributed by atoms with Crippen LogP contribution in [0, 0.1) is 6.92 Å². The fourth-order valence-electron chi connectivity index (χ4n) is 3.33. The molecule has 5 nitrogen and oxygen atoms in total. The van der Waals surface area contributed by atoms with E-state index in [1.54, 1.807) is 6.20 Å². The Morgan fingerprint density at radius 1 is 1.28 bits per heavy atom. The molecule has 2 atom stereocenters. The molecule has 0 aliphatic carbocycles. The van der Waals surface area contributed by atoms with Crippen LogP contribution in [0.3, 0.4) is 0 Å². The van der Waals surface area contributed by atoms with E-state index in [9.17, 15) is 4.79 Å². The van der Waals surface area contributed by atoms with Gasteiger partial charge in [0.1, 0.15) is 0 Å². The molecule has 0 bridgehead atoms. The third-order valence-corrected chi connectivity index (χ3v) is 4.62. The number of benzene rings is 1. The number of carbonyl (C=O) groups is 1. The molecule has 1 fully saturated rings. The van der Waals surface area contributed by atoms with Crippen LogP contribution in [0.1, 0.15) is 22.8 Å². The number of nitrogens with zero attached hydrogens (tertiary/aromatic N) is 2. The van der Waals surface area contributed by atoms with Crippen LogP contribution in [0.2, 0.25) is 0 Å². The van der Waals surface area contributed by atoms with Crippen LogP contribution in [0.15, 0.2) is 42.7 Å². The highest BCUT2D eigenvalue weighted by atomic mass is 16.5. The van der Waals surface area contributed by atoms with Gasteiger partial charge < -0.3 is 15.0 Å². The topological polar surface area (TPSA) is 54.5 Å². The number of aryl methyl sites for hydroxylation is 1. The van der Waals surface area contributed by atoms with E-state index in [1.807, 2.05) is 57.4 Å². The zero-order chi connectivity index (χ0) is 17.8. The van der Waals surface area contributed by atoms with Gasteiger partial charge in [0.2, 0.25) is 0 Å². The Balaban J connectivity index is 1.70. The van der Waals surface area contributed by atoms with Crippen LogP contribution in [0.4, 0.5) is 0 Å². The van der Waals surface area contributed by atoms with Crippen LogP contribution in [-0.4, -0.2) is 54.7 Å². The molecule has 3 rings (SSSR count). The summed E-state index contributed by atoms with van der Waals surface area (Å²) in [5, 5.41) is 3.12. The minimum absolute atomic E-state index is 0.0274. The number of likely N-dealkylation sites (N-methyl/N-ethyl adjacent to an activating group) is 1. The van der Waals surface area contributed by atoms with Gasteiger partial charge in [0.25, 0.3) is 5.91 Å². The second-order valence-corrected chi connectivity index (χ2v) is 6.56. The summed E-state index contributed by atoms with van der Waals surface area (Å²) in [6.45, 7) is 6.33. The average Bonchev–Trinajstić information content (AvgIpc) is 2.95. The van der Waals surface area contributed by atoms with Crippen LogP contribution < -0.4 is 5.32 Å². The van der Waals surface area contributed by atoms with E-state index < -0.39 is 0 Å². The first-order valence-corrected chi connectivity index (χ1v) is 8.70. The first-order chi connectivity index (χ1) is 12.1. The van der Waals surface area contributed by atoms with Gasteiger partial charge in [-0.2, -0.15) is 0 Å². The Morgan fingerprint density at radius 3 is 2.72 bits per heavy atom. The SMILES string of the molecule is CCO[C@H]1CN(C)C[C@@H]1NC(=O)c1ccc(-c2ccncc2C)cc1. The highest BCUT2D eigenvalue weighted by Gasteiger charge is 2.32. The van der Waals surface area contributed by atoms with Crippen molar-refractivity contribution >= 4 is 5.91 Å². The van der Waals surface area contributed by atoms with Gasteiger partial charge in [0.05, 0.1) is 12.1 Å². The van der Waals surface area contributed by atoms with Crippen molar-refractivity contribution in [2.24, 2.45) is 0 Å². The summed E-state index contributed by atoms with van der Waals surface area (Å²) in [6, 6.07) is 9.74. The van der Waals surface area contributed by atoms with Crippen molar-refractivity contribution in [2.75, 3.05) is 26.7 Å². The normalized spacial score (nSPS) is 20.6. The van der Waals surface area contributed by atoms with Crippen LogP contribution >= 0.6 is 0 Å². The summed E-state index contributed by atoms with van der Waals surface area (Å²) in [5.41, 5.74) is 4.01. The number of aromatic nitrogens is 1. The maximum atomic E-state index is 12.6. The van der Waals surface area contributed by atoms with Crippen LogP contribution in [0.25, 0.3) is 11.1 Å². The van der Waals surface area contributed by atoms with E-state index >= 15 is 0 Å². The van der Waals surface area contributed by atoms with Crippen molar-refractivity contribution in [1.29, 1.82) is 0 Å². The predicted molar refractivity (Wildman–Crippen MR) is 98.6 cm³/mol. The summed E-state index contributed by atoms with van der Waals surface area (Å²) in [6.07, 6.45) is 3.69. The molecule has 1 N–H and O–H groups in total. The second-order valence-electron chi connectivity index (χ2n) is 6.56. The number of rotatable bonds is 5. The molecular weight excluding hydrogens is 314 g/mol. The molecule has 1 amide bonds. The van der Waals surface area contributed by atoms with Gasteiger partial charge in [0.15, 0.2) is 0 Å². The molecule has 1 aromatic carbocycles. The van der Waals surface area contributed by atoms with Crippen LogP contribution in [-0.2, 0) is 4.74 Å². The standard InChI is InChI=1S/C20H25N3O2/c1-4-25-19-13-23(3)12-18(19)22-20(24)16-7-5-15(6-8-16)17-9-10-21-11-14(17)2/h5-11,18-19H,4,12-13H2,1-3H3,(H,22,24)/t18-,19-/m0/s1. The highest BCUT2D eigenvalue weighted by molar-refractivity contribution is 5.95. The Bertz CT molecular complexity index is 730. The minimum atomic E-state index is -0.0528. The summed E-state index contributed by atoms with van der Waals surface area (Å²) >= 11 is 0. The molecule has 2 heterocycles. The third kappa shape index (κ3) is 4.06. The fraction of sp³-hybridized carbons (Fsp3) is 0.400. The number of amides is 1. The quantitative estimate of drug-likeness (QED) is 0.909. The van der Waals surface area contributed by atoms with Crippen molar-refractivity contribution in [3.05, 3.63) is 53.9 Å². The predicted octanol–water partition coefficient (Wildman–Crippen LogP) is 2.51. The first-order valence-electron chi connectivity index (χ1n) is 8.70. The van der Waals surface area contributed by atoms with Gasteiger partial charge in [-0.3, -0.25) is 9.78 Å². The molecule has 2 aromatic rings. The zero-order valence-electron chi connectivity index (χ0n) is 15.0. The molecule has 0 spiro atoms. The van der Waals surface area contributed by atoms with E-state index in [4.69, 9.17) is 4.74 Å². The minimum Gasteiger partial charge on any atom is -0.375 e. The Hall–Kier alpha value is -2.24. The van der Waals surface area contributed by atoms with Crippen molar-refractivity contribution in [1.82, 2.24) is 15.2 Å². The average molecular weight is 339 g/mol. The lowest BCUT2D eigenvalue weighted by Gasteiger charge is -2.19. The summed E-state index contributed by atoms with van der Waals surface area (Å²) in [4.78, 5) is 18.9. The van der Waals surface area contributed by atoms with Crippen molar-refractivity contribution in [3.63, 3.8) is 0 Å². The first kappa shape index (κ1) is 17.6. The van der Waals surface area contributed by atoms with Gasteiger partial charge in [-0.05, 0) is 55.8 Å². The number of nitrogens with one attached hydrogen (secondary N) is 1. The third-order valence-electron chi connectivity index (χ3n) is 4.62. The van der Waals surface area contributed by atoms with Crippen molar-refractivity contribution in [2.45, 2.75) is 26.0 Å². The van der Waals surface area contributed by atoms with Gasteiger partial charge in [-0.1, -0.05) is 12.1 Å². The van der Waals surface area contributed by atoms with Crippen molar-refractivity contribution in [3.8, 4) is 11.1 Å². The Labute approximate surface area is 149 Å². The molecular formula is C20H25N3O2. The van der Waals surface area contributed by atoms with E-state index in [2.05, 4.69) is 15.2 Å². The number of carbonyl (C=O) groups excluding carboxylic acids is 1. The molecule has 5 heteroatoms. The van der Waals surface area contributed by atoms with Gasteiger partial charge in [0, 0.05) is 37.7 Å². The van der Waals surface area contributed by atoms with Gasteiger partial charge in [-0.25, -0.2) is 0 Å². The molecule has 1 aromatic heterocycles. The van der Waals surface area contributed by atoms with E-state index in [0.717, 1.165) is 29.8 Å². The summed E-state index contributed by atoms with van der Waals surface area (Å²) in [7, 11) is 2.05. The molecule has 0 radical (unpaired) electrons. The lowest BCUT2D eigenvalue weighted by Crippen LogP contribution is -2.43. The number of ether oxygens (including phenoxy) is 1. The number of hydrogen-bond acceptors (Lipinski definition) is 4. The maximum Gasteiger partial charge on any atom is 0.251 e. The van der Waals surface area contributed by atoms with Gasteiger partial charge >= 0.3 is 0 Å². The maximum absolute atomic E-state index is 12.6. The van der Waals surface area contributed by atoms with E-state index in [0.29, 0.717) is 12.2 Å². The number of likely N-dealkylation sites (tertiary alicyclic amines) is 1. The second kappa shape index (κ2) is 7.76. The van der Waals surface area contributed by atoms with E-state index in [1.165, 1.54) is 0 Å². The smallest absolute Gasteiger partial charge is 0.251 e. The van der Waals surface area contributed by atoms with Crippen molar-refractivity contribution < 1.29 is 9.53 Å². The Kier molecular flexibility index (Phi) is 5.46. The summed E-state index contributed by atoms with van der Waals surface area (Å²) < 4.78 is 5.75. The molecule has 1 aliphatic rings. The molecule has 0 unspecified atom stereocenters. The largest absolute Gasteiger partial charge is 0.375 e. The fourth-order valence-corrected chi connectivity index (χ4v) is 3.33.